The molecule has 0 radical (unpaired) electrons. The molecule has 1 N–H and O–H groups in total. The molecule has 0 spiro atoms. The fraction of sp³-hybridized carbons (Fsp3) is 0.167. The number of anilines is 2. The molecule has 0 aliphatic carbocycles. The van der Waals surface area contributed by atoms with Gasteiger partial charge >= 0.3 is 0 Å². The van der Waals surface area contributed by atoms with Gasteiger partial charge in [-0.3, -0.25) is 14.4 Å². The van der Waals surface area contributed by atoms with Crippen molar-refractivity contribution in [2.45, 2.75) is 19.1 Å². The highest BCUT2D eigenvalue weighted by atomic mass is 16.7. The standard InChI is InChI=1S/C24H20N2O4/c1-15-11-13-16(14-12-15)25-23(28)20-21(18-9-5-6-10-19(18)27)26(30-22(20)24(25)29)17-7-3-2-4-8-17/h2-14,20-22,27H,1H3/t20-,21-,22-/m1/s1. The third-order valence-corrected chi connectivity index (χ3v) is 5.67. The Morgan fingerprint density at radius 1 is 0.800 bits per heavy atom. The van der Waals surface area contributed by atoms with Crippen molar-refractivity contribution in [3.05, 3.63) is 90.0 Å². The average Bonchev–Trinajstić information content (AvgIpc) is 3.26. The van der Waals surface area contributed by atoms with E-state index in [-0.39, 0.29) is 11.7 Å². The molecule has 5 rings (SSSR count). The summed E-state index contributed by atoms with van der Waals surface area (Å²) in [5.41, 5.74) is 2.82. The second kappa shape index (κ2) is 7.00. The summed E-state index contributed by atoms with van der Waals surface area (Å²) in [6, 6.07) is 22.8. The zero-order valence-corrected chi connectivity index (χ0v) is 16.3. The normalized spacial score (nSPS) is 23.2. The quantitative estimate of drug-likeness (QED) is 0.678. The molecule has 3 aromatic rings. The van der Waals surface area contributed by atoms with Gasteiger partial charge in [-0.2, -0.15) is 0 Å². The third kappa shape index (κ3) is 2.76. The van der Waals surface area contributed by atoms with Crippen molar-refractivity contribution in [3.8, 4) is 5.75 Å². The summed E-state index contributed by atoms with van der Waals surface area (Å²) in [6.45, 7) is 1.95. The maximum absolute atomic E-state index is 13.5. The molecule has 6 nitrogen and oxygen atoms in total. The molecule has 6 heteroatoms. The van der Waals surface area contributed by atoms with Gasteiger partial charge in [0.1, 0.15) is 11.7 Å². The number of fused-ring (bicyclic) bond motifs is 1. The van der Waals surface area contributed by atoms with Crippen LogP contribution in [0.1, 0.15) is 17.2 Å². The van der Waals surface area contributed by atoms with Gasteiger partial charge in [0.05, 0.1) is 17.4 Å². The predicted molar refractivity (Wildman–Crippen MR) is 112 cm³/mol. The number of hydrogen-bond donors (Lipinski definition) is 1. The van der Waals surface area contributed by atoms with Crippen LogP contribution in [0.5, 0.6) is 5.75 Å². The molecular formula is C24H20N2O4. The molecule has 3 aromatic carbocycles. The SMILES string of the molecule is Cc1ccc(N2C(=O)[C@@H]3[C@@H](c4ccccc4O)N(c4ccccc4)O[C@H]3C2=O)cc1. The van der Waals surface area contributed by atoms with Crippen LogP contribution in [0.2, 0.25) is 0 Å². The van der Waals surface area contributed by atoms with Crippen molar-refractivity contribution in [2.24, 2.45) is 5.92 Å². The van der Waals surface area contributed by atoms with Crippen LogP contribution in [0.4, 0.5) is 11.4 Å². The van der Waals surface area contributed by atoms with Crippen molar-refractivity contribution in [1.82, 2.24) is 0 Å². The van der Waals surface area contributed by atoms with E-state index in [2.05, 4.69) is 0 Å². The molecule has 0 aromatic heterocycles. The summed E-state index contributed by atoms with van der Waals surface area (Å²) >= 11 is 0. The minimum absolute atomic E-state index is 0.0571. The van der Waals surface area contributed by atoms with Gasteiger partial charge < -0.3 is 5.11 Å². The summed E-state index contributed by atoms with van der Waals surface area (Å²) in [4.78, 5) is 33.9. The molecule has 150 valence electrons. The lowest BCUT2D eigenvalue weighted by molar-refractivity contribution is -0.126. The van der Waals surface area contributed by atoms with Gasteiger partial charge in [0, 0.05) is 5.56 Å². The van der Waals surface area contributed by atoms with Gasteiger partial charge in [0.2, 0.25) is 5.91 Å². The van der Waals surface area contributed by atoms with Crippen molar-refractivity contribution in [1.29, 1.82) is 0 Å². The Morgan fingerprint density at radius 3 is 2.17 bits per heavy atom. The van der Waals surface area contributed by atoms with Crippen LogP contribution in [0.25, 0.3) is 0 Å². The maximum Gasteiger partial charge on any atom is 0.266 e. The molecule has 0 bridgehead atoms. The van der Waals surface area contributed by atoms with Crippen LogP contribution in [0.3, 0.4) is 0 Å². The van der Waals surface area contributed by atoms with E-state index in [1.54, 1.807) is 41.5 Å². The van der Waals surface area contributed by atoms with Crippen LogP contribution in [0.15, 0.2) is 78.9 Å². The predicted octanol–water partition coefficient (Wildman–Crippen LogP) is 3.75. The second-order valence-electron chi connectivity index (χ2n) is 7.56. The Kier molecular flexibility index (Phi) is 4.29. The van der Waals surface area contributed by atoms with E-state index in [0.29, 0.717) is 16.9 Å². The number of benzene rings is 3. The first kappa shape index (κ1) is 18.4. The highest BCUT2D eigenvalue weighted by Crippen LogP contribution is 2.49. The number of para-hydroxylation sites is 2. The first-order chi connectivity index (χ1) is 14.6. The largest absolute Gasteiger partial charge is 0.508 e. The smallest absolute Gasteiger partial charge is 0.266 e. The summed E-state index contributed by atoms with van der Waals surface area (Å²) in [7, 11) is 0. The zero-order valence-electron chi connectivity index (χ0n) is 16.3. The Hall–Kier alpha value is -3.64. The molecule has 3 atom stereocenters. The second-order valence-corrected chi connectivity index (χ2v) is 7.56. The molecular weight excluding hydrogens is 380 g/mol. The number of phenols is 1. The van der Waals surface area contributed by atoms with Crippen molar-refractivity contribution >= 4 is 23.2 Å². The number of rotatable bonds is 3. The molecule has 2 amide bonds. The first-order valence-corrected chi connectivity index (χ1v) is 9.79. The van der Waals surface area contributed by atoms with Crippen LogP contribution >= 0.6 is 0 Å². The Labute approximate surface area is 173 Å². The Balaban J connectivity index is 1.60. The minimum atomic E-state index is -0.955. The van der Waals surface area contributed by atoms with Crippen LogP contribution in [-0.4, -0.2) is 23.0 Å². The van der Waals surface area contributed by atoms with Gasteiger partial charge in [-0.1, -0.05) is 54.1 Å². The van der Waals surface area contributed by atoms with Crippen LogP contribution in [0, 0.1) is 12.8 Å². The van der Waals surface area contributed by atoms with Crippen LogP contribution < -0.4 is 9.96 Å². The minimum Gasteiger partial charge on any atom is -0.508 e. The lowest BCUT2D eigenvalue weighted by Gasteiger charge is -2.29. The van der Waals surface area contributed by atoms with Gasteiger partial charge in [-0.05, 0) is 37.3 Å². The summed E-state index contributed by atoms with van der Waals surface area (Å²) in [5.74, 6) is -1.44. The Morgan fingerprint density at radius 2 is 1.47 bits per heavy atom. The number of aryl methyl sites for hydroxylation is 1. The number of imide groups is 1. The lowest BCUT2D eigenvalue weighted by atomic mass is 9.90. The Bertz CT molecular complexity index is 1110. The number of carbonyl (C=O) groups is 2. The lowest BCUT2D eigenvalue weighted by Crippen LogP contribution is -2.37. The molecule has 2 fully saturated rings. The number of carbonyl (C=O) groups excluding carboxylic acids is 2. The molecule has 2 aliphatic heterocycles. The van der Waals surface area contributed by atoms with Gasteiger partial charge in [0.25, 0.3) is 5.91 Å². The molecule has 2 aliphatic rings. The number of nitrogens with zero attached hydrogens (tertiary/aromatic N) is 2. The van der Waals surface area contributed by atoms with E-state index in [0.717, 1.165) is 5.56 Å². The monoisotopic (exact) mass is 400 g/mol. The fourth-order valence-corrected chi connectivity index (χ4v) is 4.22. The van der Waals surface area contributed by atoms with Crippen LogP contribution in [-0.2, 0) is 14.4 Å². The highest BCUT2D eigenvalue weighted by Gasteiger charge is 2.60. The van der Waals surface area contributed by atoms with E-state index >= 15 is 0 Å². The van der Waals surface area contributed by atoms with E-state index < -0.39 is 24.0 Å². The number of hydroxylamine groups is 1. The summed E-state index contributed by atoms with van der Waals surface area (Å²) in [6.07, 6.45) is -0.955. The zero-order chi connectivity index (χ0) is 20.8. The van der Waals surface area contributed by atoms with Crippen molar-refractivity contribution < 1.29 is 19.5 Å². The van der Waals surface area contributed by atoms with Crippen molar-refractivity contribution in [3.63, 3.8) is 0 Å². The fourth-order valence-electron chi connectivity index (χ4n) is 4.22. The van der Waals surface area contributed by atoms with E-state index in [1.165, 1.54) is 4.90 Å². The third-order valence-electron chi connectivity index (χ3n) is 5.67. The average molecular weight is 400 g/mol. The van der Waals surface area contributed by atoms with E-state index in [1.807, 2.05) is 49.4 Å². The summed E-state index contributed by atoms with van der Waals surface area (Å²) < 4.78 is 0. The molecule has 2 saturated heterocycles. The summed E-state index contributed by atoms with van der Waals surface area (Å²) in [5, 5.41) is 12.1. The number of hydrogen-bond acceptors (Lipinski definition) is 5. The molecule has 2 heterocycles. The molecule has 0 saturated carbocycles. The number of aromatic hydroxyl groups is 1. The number of phenolic OH excluding ortho intramolecular Hbond substituents is 1. The topological polar surface area (TPSA) is 70.1 Å². The van der Waals surface area contributed by atoms with E-state index in [9.17, 15) is 14.7 Å². The molecule has 0 unspecified atom stereocenters. The highest BCUT2D eigenvalue weighted by molar-refractivity contribution is 6.23. The van der Waals surface area contributed by atoms with Crippen molar-refractivity contribution in [2.75, 3.05) is 9.96 Å². The van der Waals surface area contributed by atoms with Gasteiger partial charge in [-0.25, -0.2) is 9.96 Å². The first-order valence-electron chi connectivity index (χ1n) is 9.79. The van der Waals surface area contributed by atoms with Gasteiger partial charge in [-0.15, -0.1) is 0 Å². The maximum atomic E-state index is 13.5. The number of amides is 2. The van der Waals surface area contributed by atoms with Gasteiger partial charge in [0.15, 0.2) is 6.10 Å². The molecule has 30 heavy (non-hydrogen) atoms. The van der Waals surface area contributed by atoms with E-state index in [4.69, 9.17) is 4.84 Å².